The van der Waals surface area contributed by atoms with E-state index >= 15 is 0 Å². The lowest BCUT2D eigenvalue weighted by Gasteiger charge is -2.24. The molecule has 2 heterocycles. The van der Waals surface area contributed by atoms with Gasteiger partial charge >= 0.3 is 0 Å². The summed E-state index contributed by atoms with van der Waals surface area (Å²) in [7, 11) is 0. The summed E-state index contributed by atoms with van der Waals surface area (Å²) < 4.78 is 4.81. The van der Waals surface area contributed by atoms with Crippen molar-refractivity contribution in [2.45, 2.75) is 71.6 Å². The zero-order valence-corrected chi connectivity index (χ0v) is 49.5. The van der Waals surface area contributed by atoms with Crippen LogP contribution in [0.2, 0.25) is 0 Å². The number of hydrogen-bond donors (Lipinski definition) is 0. The van der Waals surface area contributed by atoms with Crippen molar-refractivity contribution in [3.8, 4) is 89.3 Å². The Balaban J connectivity index is 0.652. The zero-order chi connectivity index (χ0) is 57.4. The molecule has 2 aromatic heterocycles. The molecule has 0 amide bonds. The molecule has 85 heavy (non-hydrogen) atoms. The smallest absolute Gasteiger partial charge is 0.0541 e. The van der Waals surface area contributed by atoms with Crippen LogP contribution in [0, 0.1) is 13.8 Å². The molecular weight excluding hydrogens is 1020 g/mol. The predicted octanol–water partition coefficient (Wildman–Crippen LogP) is 22.1. The topological polar surface area (TPSA) is 9.86 Å². The van der Waals surface area contributed by atoms with Crippen LogP contribution in [0.5, 0.6) is 0 Å². The third-order valence-corrected chi connectivity index (χ3v) is 20.3. The number of rotatable bonds is 6. The summed E-state index contributed by atoms with van der Waals surface area (Å²) in [5.41, 5.74) is 35.7. The van der Waals surface area contributed by atoms with Crippen LogP contribution in [-0.4, -0.2) is 9.13 Å². The first-order valence-corrected chi connectivity index (χ1v) is 30.3. The van der Waals surface area contributed by atoms with E-state index in [1.54, 1.807) is 0 Å². The minimum Gasteiger partial charge on any atom is -0.309 e. The van der Waals surface area contributed by atoms with Gasteiger partial charge in [-0.1, -0.05) is 198 Å². The largest absolute Gasteiger partial charge is 0.309 e. The highest BCUT2D eigenvalue weighted by atomic mass is 15.0. The average molecular weight is 1090 g/mol. The van der Waals surface area contributed by atoms with Crippen molar-refractivity contribution in [3.05, 3.63) is 287 Å². The van der Waals surface area contributed by atoms with Gasteiger partial charge in [0.25, 0.3) is 0 Å². The van der Waals surface area contributed by atoms with Gasteiger partial charge in [-0.3, -0.25) is 0 Å². The van der Waals surface area contributed by atoms with Crippen LogP contribution in [0.25, 0.3) is 133 Å². The Morgan fingerprint density at radius 3 is 0.741 bits per heavy atom. The Morgan fingerprint density at radius 1 is 0.224 bits per heavy atom. The van der Waals surface area contributed by atoms with Gasteiger partial charge in [0.05, 0.1) is 22.1 Å². The first-order chi connectivity index (χ1) is 41.2. The maximum absolute atomic E-state index is 2.49. The molecule has 14 aromatic rings. The molecule has 0 spiro atoms. The molecule has 0 bridgehead atoms. The van der Waals surface area contributed by atoms with Crippen LogP contribution in [0.3, 0.4) is 0 Å². The van der Waals surface area contributed by atoms with Crippen LogP contribution in [0.4, 0.5) is 0 Å². The Labute approximate surface area is 498 Å². The van der Waals surface area contributed by atoms with E-state index in [0.717, 1.165) is 0 Å². The number of benzene rings is 12. The normalized spacial score (nSPS) is 14.6. The molecule has 0 aliphatic heterocycles. The van der Waals surface area contributed by atoms with Gasteiger partial charge < -0.3 is 9.13 Å². The molecule has 12 aromatic carbocycles. The van der Waals surface area contributed by atoms with Crippen LogP contribution in [0.1, 0.15) is 86.1 Å². The molecule has 2 heteroatoms. The lowest BCUT2D eigenvalue weighted by Crippen LogP contribution is -2.16. The Bertz CT molecular complexity index is 4880. The van der Waals surface area contributed by atoms with Gasteiger partial charge in [0.15, 0.2) is 0 Å². The summed E-state index contributed by atoms with van der Waals surface area (Å²) in [6, 6.07) is 92.7. The Morgan fingerprint density at radius 2 is 0.459 bits per heavy atom. The van der Waals surface area contributed by atoms with Crippen molar-refractivity contribution in [2.24, 2.45) is 0 Å². The molecule has 0 fully saturated rings. The lowest BCUT2D eigenvalue weighted by molar-refractivity contribution is 0.659. The van der Waals surface area contributed by atoms with Gasteiger partial charge in [-0.2, -0.15) is 0 Å². The quantitative estimate of drug-likeness (QED) is 0.157. The van der Waals surface area contributed by atoms with Crippen molar-refractivity contribution < 1.29 is 0 Å². The highest BCUT2D eigenvalue weighted by molar-refractivity contribution is 6.12. The maximum Gasteiger partial charge on any atom is 0.0541 e. The third-order valence-electron chi connectivity index (χ3n) is 20.3. The lowest BCUT2D eigenvalue weighted by atomic mass is 9.79. The molecule has 3 aliphatic carbocycles. The number of nitrogens with zero attached hydrogens (tertiary/aromatic N) is 2. The highest BCUT2D eigenvalue weighted by Crippen LogP contribution is 2.55. The summed E-state index contributed by atoms with van der Waals surface area (Å²) in [5.74, 6) is 0. The second-order valence-corrected chi connectivity index (χ2v) is 26.3. The number of aromatic nitrogens is 2. The summed E-state index contributed by atoms with van der Waals surface area (Å²) in [6.45, 7) is 18.8. The zero-order valence-electron chi connectivity index (χ0n) is 49.5. The van der Waals surface area contributed by atoms with Gasteiger partial charge in [0, 0.05) is 49.2 Å². The monoisotopic (exact) mass is 1090 g/mol. The fourth-order valence-electron chi connectivity index (χ4n) is 15.5. The summed E-state index contributed by atoms with van der Waals surface area (Å²) in [5, 5.41) is 5.10. The fraction of sp³-hybridized carbons (Fsp3) is 0.133. The van der Waals surface area contributed by atoms with Crippen molar-refractivity contribution in [1.29, 1.82) is 0 Å². The Kier molecular flexibility index (Phi) is 10.3. The second kappa shape index (κ2) is 17.6. The number of aryl methyl sites for hydroxylation is 2. The van der Waals surface area contributed by atoms with E-state index in [2.05, 4.69) is 307 Å². The van der Waals surface area contributed by atoms with E-state index in [1.807, 2.05) is 0 Å². The maximum atomic E-state index is 2.49. The summed E-state index contributed by atoms with van der Waals surface area (Å²) in [6.07, 6.45) is 0. The number of hydrogen-bond acceptors (Lipinski definition) is 0. The molecule has 0 saturated heterocycles. The molecule has 0 saturated carbocycles. The first-order valence-electron chi connectivity index (χ1n) is 30.3. The average Bonchev–Trinajstić information content (AvgIpc) is 1.87. The van der Waals surface area contributed by atoms with E-state index in [9.17, 15) is 0 Å². The molecule has 0 unspecified atom stereocenters. The van der Waals surface area contributed by atoms with Crippen molar-refractivity contribution in [2.75, 3.05) is 0 Å². The number of fused-ring (bicyclic) bond motifs is 15. The van der Waals surface area contributed by atoms with Crippen molar-refractivity contribution in [1.82, 2.24) is 9.13 Å². The van der Waals surface area contributed by atoms with E-state index in [0.29, 0.717) is 0 Å². The van der Waals surface area contributed by atoms with Gasteiger partial charge in [-0.15, -0.1) is 0 Å². The molecule has 406 valence electrons. The highest BCUT2D eigenvalue weighted by Gasteiger charge is 2.40. The van der Waals surface area contributed by atoms with Crippen LogP contribution in [-0.2, 0) is 16.2 Å². The van der Waals surface area contributed by atoms with E-state index in [-0.39, 0.29) is 16.2 Å². The molecule has 2 nitrogen and oxygen atoms in total. The van der Waals surface area contributed by atoms with Gasteiger partial charge in [0.2, 0.25) is 0 Å². The molecule has 0 radical (unpaired) electrons. The van der Waals surface area contributed by atoms with Crippen LogP contribution >= 0.6 is 0 Å². The van der Waals surface area contributed by atoms with Gasteiger partial charge in [0.1, 0.15) is 0 Å². The van der Waals surface area contributed by atoms with Crippen LogP contribution in [0.15, 0.2) is 243 Å². The fourth-order valence-corrected chi connectivity index (χ4v) is 15.5. The Hall–Kier alpha value is -9.76. The molecule has 0 N–H and O–H groups in total. The standard InChI is InChI=1S/C83H64N2/c1-49-17-29-59(30-18-49)84-77-15-11-9-13-67(77)69-41-51(27-39-79(69)84)53-21-33-61-63-35-23-55(45-73(63)81(3,4)71(61)43-53)57-25-37-65-66-38-26-58(48-76(66)83(7,8)75(65)47-57)56-24-36-64-62-34-22-54(44-72(62)82(5,6)74(64)46-56)52-28-40-80-70(42-52)68-14-10-12-16-78(68)85(80)60-31-19-50(2)20-32-60/h9-48H,1-8H3. The number of para-hydroxylation sites is 2. The van der Waals surface area contributed by atoms with E-state index in [1.165, 1.54) is 177 Å². The SMILES string of the molecule is Cc1ccc(-n2c3ccccc3c3cc(-c4ccc5c(c4)C(C)(C)c4cc(-c6ccc7c(c6)C(C)(C)c6cc(-c8ccc9c(c8)C(C)(C)c8cc(-c%10ccc%11c(c%10)c%10ccccc%10n%11-c%10ccc(C)cc%10)ccc8-9)ccc6-7)ccc4-5)ccc32)cc1. The molecule has 0 atom stereocenters. The van der Waals surface area contributed by atoms with Crippen molar-refractivity contribution in [3.63, 3.8) is 0 Å². The second-order valence-electron chi connectivity index (χ2n) is 26.3. The molecule has 3 aliphatic rings. The molecular formula is C83H64N2. The van der Waals surface area contributed by atoms with Crippen LogP contribution < -0.4 is 0 Å². The molecule has 17 rings (SSSR count). The minimum atomic E-state index is -0.181. The van der Waals surface area contributed by atoms with Gasteiger partial charge in [-0.05, 0) is 222 Å². The van der Waals surface area contributed by atoms with Gasteiger partial charge in [-0.25, -0.2) is 0 Å². The van der Waals surface area contributed by atoms with Crippen molar-refractivity contribution >= 4 is 43.6 Å². The van der Waals surface area contributed by atoms with E-state index in [4.69, 9.17) is 0 Å². The van der Waals surface area contributed by atoms with E-state index < -0.39 is 0 Å². The third kappa shape index (κ3) is 7.18. The first kappa shape index (κ1) is 49.8. The summed E-state index contributed by atoms with van der Waals surface area (Å²) in [4.78, 5) is 0. The summed E-state index contributed by atoms with van der Waals surface area (Å²) >= 11 is 0. The predicted molar refractivity (Wildman–Crippen MR) is 359 cm³/mol. The minimum absolute atomic E-state index is 0.175.